The molecular formula is C13H19NO4S. The van der Waals surface area contributed by atoms with Gasteiger partial charge in [0.25, 0.3) is 0 Å². The first-order chi connectivity index (χ1) is 9.24. The number of carboxylic acid groups (broad SMARTS) is 1. The van der Waals surface area contributed by atoms with Crippen LogP contribution in [0.1, 0.15) is 16.5 Å². The van der Waals surface area contributed by atoms with Gasteiger partial charge in [0.1, 0.15) is 6.04 Å². The fourth-order valence-corrected chi connectivity index (χ4v) is 3.23. The molecule has 1 unspecified atom stereocenters. The molecule has 0 bridgehead atoms. The minimum atomic E-state index is -0.781. The molecule has 0 amide bonds. The Morgan fingerprint density at radius 1 is 1.53 bits per heavy atom. The van der Waals surface area contributed by atoms with E-state index in [9.17, 15) is 9.90 Å². The number of aliphatic carboxylic acids is 1. The third kappa shape index (κ3) is 3.54. The van der Waals surface area contributed by atoms with Crippen LogP contribution in [-0.4, -0.2) is 56.0 Å². The van der Waals surface area contributed by atoms with Crippen LogP contribution in [0.15, 0.2) is 11.4 Å². The predicted octanol–water partition coefficient (Wildman–Crippen LogP) is 1.39. The van der Waals surface area contributed by atoms with Crippen molar-refractivity contribution >= 4 is 17.3 Å². The van der Waals surface area contributed by atoms with E-state index >= 15 is 0 Å². The maximum absolute atomic E-state index is 11.5. The maximum Gasteiger partial charge on any atom is 0.325 e. The van der Waals surface area contributed by atoms with E-state index in [1.807, 2.05) is 16.3 Å². The number of nitrogens with zero attached hydrogens (tertiary/aromatic N) is 1. The number of fused-ring (bicyclic) bond motifs is 1. The molecule has 5 nitrogen and oxygen atoms in total. The van der Waals surface area contributed by atoms with Crippen molar-refractivity contribution in [3.05, 3.63) is 21.9 Å². The third-order valence-electron chi connectivity index (χ3n) is 3.25. The summed E-state index contributed by atoms with van der Waals surface area (Å²) < 4.78 is 10.3. The lowest BCUT2D eigenvalue weighted by Gasteiger charge is -2.32. The molecule has 6 heteroatoms. The Kier molecular flexibility index (Phi) is 5.33. The minimum absolute atomic E-state index is 0.527. The summed E-state index contributed by atoms with van der Waals surface area (Å²) in [5.74, 6) is -0.781. The van der Waals surface area contributed by atoms with Gasteiger partial charge in [0, 0.05) is 25.1 Å². The lowest BCUT2D eigenvalue weighted by Crippen LogP contribution is -2.41. The van der Waals surface area contributed by atoms with Crippen molar-refractivity contribution < 1.29 is 19.4 Å². The van der Waals surface area contributed by atoms with Gasteiger partial charge in [0.2, 0.25) is 0 Å². The summed E-state index contributed by atoms with van der Waals surface area (Å²) in [6, 6.07) is 1.40. The van der Waals surface area contributed by atoms with Crippen LogP contribution in [0.25, 0.3) is 0 Å². The Labute approximate surface area is 116 Å². The lowest BCUT2D eigenvalue weighted by molar-refractivity contribution is -0.144. The normalized spacial score (nSPS) is 19.3. The summed E-state index contributed by atoms with van der Waals surface area (Å²) in [6.07, 6.45) is 0.925. The molecule has 0 saturated heterocycles. The van der Waals surface area contributed by atoms with Gasteiger partial charge in [0.15, 0.2) is 0 Å². The van der Waals surface area contributed by atoms with E-state index < -0.39 is 12.0 Å². The third-order valence-corrected chi connectivity index (χ3v) is 4.25. The molecule has 0 aromatic carbocycles. The Morgan fingerprint density at radius 3 is 3.11 bits per heavy atom. The summed E-state index contributed by atoms with van der Waals surface area (Å²) in [5.41, 5.74) is 0.945. The highest BCUT2D eigenvalue weighted by Gasteiger charge is 2.33. The van der Waals surface area contributed by atoms with Crippen molar-refractivity contribution in [2.24, 2.45) is 0 Å². The summed E-state index contributed by atoms with van der Waals surface area (Å²) in [4.78, 5) is 14.6. The zero-order valence-electron chi connectivity index (χ0n) is 11.0. The molecule has 0 saturated carbocycles. The zero-order chi connectivity index (χ0) is 13.7. The van der Waals surface area contributed by atoms with Gasteiger partial charge in [-0.1, -0.05) is 0 Å². The molecule has 19 heavy (non-hydrogen) atoms. The molecule has 1 aliphatic rings. The van der Waals surface area contributed by atoms with Gasteiger partial charge < -0.3 is 14.6 Å². The van der Waals surface area contributed by atoms with Crippen LogP contribution >= 0.6 is 11.3 Å². The van der Waals surface area contributed by atoms with Crippen molar-refractivity contribution in [3.8, 4) is 0 Å². The zero-order valence-corrected chi connectivity index (χ0v) is 11.8. The van der Waals surface area contributed by atoms with Crippen LogP contribution in [0, 0.1) is 0 Å². The lowest BCUT2D eigenvalue weighted by atomic mass is 10.0. The van der Waals surface area contributed by atoms with Crippen molar-refractivity contribution in [2.75, 3.05) is 40.0 Å². The van der Waals surface area contributed by atoms with Crippen LogP contribution in [0.3, 0.4) is 0 Å². The second kappa shape index (κ2) is 7.00. The average Bonchev–Trinajstić information content (AvgIpc) is 2.85. The highest BCUT2D eigenvalue weighted by molar-refractivity contribution is 7.10. The van der Waals surface area contributed by atoms with E-state index in [2.05, 4.69) is 0 Å². The van der Waals surface area contributed by atoms with Crippen LogP contribution < -0.4 is 0 Å². The molecule has 0 fully saturated rings. The van der Waals surface area contributed by atoms with Gasteiger partial charge in [-0.15, -0.1) is 11.3 Å². The van der Waals surface area contributed by atoms with Gasteiger partial charge in [-0.05, 0) is 23.4 Å². The second-order valence-corrected chi connectivity index (χ2v) is 5.43. The number of rotatable bonds is 7. The molecule has 1 aromatic rings. The number of hydrogen-bond acceptors (Lipinski definition) is 5. The van der Waals surface area contributed by atoms with Gasteiger partial charge in [-0.2, -0.15) is 0 Å². The van der Waals surface area contributed by atoms with Gasteiger partial charge in [-0.25, -0.2) is 0 Å². The smallest absolute Gasteiger partial charge is 0.325 e. The largest absolute Gasteiger partial charge is 0.480 e. The summed E-state index contributed by atoms with van der Waals surface area (Å²) >= 11 is 1.65. The number of hydrogen-bond donors (Lipinski definition) is 1. The summed E-state index contributed by atoms with van der Waals surface area (Å²) in [7, 11) is 1.63. The van der Waals surface area contributed by atoms with Crippen LogP contribution in [0.4, 0.5) is 0 Å². The van der Waals surface area contributed by atoms with Gasteiger partial charge in [0.05, 0.1) is 19.8 Å². The molecule has 0 aliphatic carbocycles. The van der Waals surface area contributed by atoms with E-state index in [-0.39, 0.29) is 0 Å². The SMILES string of the molecule is COCCOCCN1CCc2sccc2C1C(=O)O. The quantitative estimate of drug-likeness (QED) is 0.767. The number of ether oxygens (including phenoxy) is 2. The molecular weight excluding hydrogens is 266 g/mol. The Balaban J connectivity index is 1.92. The molecule has 1 N–H and O–H groups in total. The second-order valence-electron chi connectivity index (χ2n) is 4.43. The van der Waals surface area contributed by atoms with Crippen LogP contribution in [-0.2, 0) is 20.7 Å². The van der Waals surface area contributed by atoms with Crippen LogP contribution in [0.5, 0.6) is 0 Å². The van der Waals surface area contributed by atoms with E-state index in [0.717, 1.165) is 18.5 Å². The summed E-state index contributed by atoms with van der Waals surface area (Å²) in [6.45, 7) is 3.06. The number of thiophene rings is 1. The number of methoxy groups -OCH3 is 1. The van der Waals surface area contributed by atoms with E-state index in [1.165, 1.54) is 4.88 Å². The van der Waals surface area contributed by atoms with Crippen molar-refractivity contribution in [1.29, 1.82) is 0 Å². The fraction of sp³-hybridized carbons (Fsp3) is 0.615. The van der Waals surface area contributed by atoms with E-state index in [1.54, 1.807) is 18.4 Å². The molecule has 0 radical (unpaired) electrons. The standard InChI is InChI=1S/C13H19NO4S/c1-17-7-8-18-6-5-14-4-2-11-10(3-9-19-11)12(14)13(15)16/h3,9,12H,2,4-8H2,1H3,(H,15,16). The van der Waals surface area contributed by atoms with Crippen molar-refractivity contribution in [3.63, 3.8) is 0 Å². The number of carboxylic acids is 1. The number of carbonyl (C=O) groups is 1. The minimum Gasteiger partial charge on any atom is -0.480 e. The van der Waals surface area contributed by atoms with Gasteiger partial charge >= 0.3 is 5.97 Å². The molecule has 1 atom stereocenters. The van der Waals surface area contributed by atoms with Crippen molar-refractivity contribution in [1.82, 2.24) is 4.90 Å². The monoisotopic (exact) mass is 285 g/mol. The topological polar surface area (TPSA) is 59.0 Å². The Morgan fingerprint density at radius 2 is 2.37 bits per heavy atom. The first-order valence-corrected chi connectivity index (χ1v) is 7.22. The molecule has 106 valence electrons. The summed E-state index contributed by atoms with van der Waals surface area (Å²) in [5, 5.41) is 11.4. The van der Waals surface area contributed by atoms with Gasteiger partial charge in [-0.3, -0.25) is 9.69 Å². The van der Waals surface area contributed by atoms with E-state index in [4.69, 9.17) is 9.47 Å². The Bertz CT molecular complexity index is 421. The average molecular weight is 285 g/mol. The molecule has 2 rings (SSSR count). The van der Waals surface area contributed by atoms with Crippen LogP contribution in [0.2, 0.25) is 0 Å². The highest BCUT2D eigenvalue weighted by Crippen LogP contribution is 2.33. The van der Waals surface area contributed by atoms with E-state index in [0.29, 0.717) is 26.4 Å². The molecule has 1 aromatic heterocycles. The first-order valence-electron chi connectivity index (χ1n) is 6.34. The molecule has 1 aliphatic heterocycles. The molecule has 0 spiro atoms. The van der Waals surface area contributed by atoms with Crippen molar-refractivity contribution in [2.45, 2.75) is 12.5 Å². The predicted molar refractivity (Wildman–Crippen MR) is 72.7 cm³/mol. The highest BCUT2D eigenvalue weighted by atomic mass is 32.1. The maximum atomic E-state index is 11.5. The first kappa shape index (κ1) is 14.5. The fourth-order valence-electron chi connectivity index (χ4n) is 2.32. The Hall–Kier alpha value is -0.950. The molecule has 2 heterocycles.